The average molecular weight is 453 g/mol. The van der Waals surface area contributed by atoms with Crippen LogP contribution in [0.15, 0.2) is 4.99 Å². The van der Waals surface area contributed by atoms with Crippen LogP contribution in [0.4, 0.5) is 4.79 Å². The second-order valence-corrected chi connectivity index (χ2v) is 9.03. The number of nitrogens with zero attached hydrogens (tertiary/aromatic N) is 2. The zero-order chi connectivity index (χ0) is 22.7. The van der Waals surface area contributed by atoms with Crippen LogP contribution in [0.1, 0.15) is 51.4 Å². The minimum absolute atomic E-state index is 0.0126. The second-order valence-electron chi connectivity index (χ2n) is 7.84. The quantitative estimate of drug-likeness (QED) is 0.150. The third-order valence-corrected chi connectivity index (χ3v) is 7.24. The van der Waals surface area contributed by atoms with Gasteiger partial charge in [-0.15, -0.1) is 11.8 Å². The highest BCUT2D eigenvalue weighted by atomic mass is 32.2. The molecule has 31 heavy (non-hydrogen) atoms. The molecule has 0 saturated carbocycles. The molecule has 0 radical (unpaired) electrons. The predicted molar refractivity (Wildman–Crippen MR) is 123 cm³/mol. The van der Waals surface area contributed by atoms with Crippen molar-refractivity contribution in [2.24, 2.45) is 10.7 Å². The van der Waals surface area contributed by atoms with E-state index < -0.39 is 11.3 Å². The largest absolute Gasteiger partial charge is 0.409 e. The Morgan fingerprint density at radius 3 is 2.48 bits per heavy atom. The van der Waals surface area contributed by atoms with Crippen molar-refractivity contribution in [3.8, 4) is 6.57 Å². The number of thioether (sulfide) groups is 1. The first-order valence-electron chi connectivity index (χ1n) is 10.8. The SMILES string of the molecule is C#[N+][C@]12CSC(CCCCC(=O)NCCCCCC(=O)NCCN)[C@@]1(N=C)NC(=O)N2. The summed E-state index contributed by atoms with van der Waals surface area (Å²) in [5.41, 5.74) is 3.41. The number of hydrogen-bond donors (Lipinski definition) is 5. The summed E-state index contributed by atoms with van der Waals surface area (Å²) in [6.07, 6.45) is 5.80. The van der Waals surface area contributed by atoms with Crippen LogP contribution in [0.5, 0.6) is 0 Å². The molecule has 0 aromatic heterocycles. The summed E-state index contributed by atoms with van der Waals surface area (Å²) in [4.78, 5) is 43.5. The van der Waals surface area contributed by atoms with Crippen molar-refractivity contribution in [2.45, 2.75) is 67.9 Å². The number of urea groups is 1. The van der Waals surface area contributed by atoms with Gasteiger partial charge in [-0.05, 0) is 32.4 Å². The summed E-state index contributed by atoms with van der Waals surface area (Å²) in [5, 5.41) is 11.3. The van der Waals surface area contributed by atoms with Crippen molar-refractivity contribution in [1.29, 1.82) is 0 Å². The fraction of sp³-hybridized carbons (Fsp3) is 0.750. The van der Waals surface area contributed by atoms with Gasteiger partial charge in [-0.1, -0.05) is 17.7 Å². The van der Waals surface area contributed by atoms with E-state index >= 15 is 0 Å². The summed E-state index contributed by atoms with van der Waals surface area (Å²) < 4.78 is 0. The van der Waals surface area contributed by atoms with E-state index in [0.717, 1.165) is 38.5 Å². The highest BCUT2D eigenvalue weighted by molar-refractivity contribution is 8.00. The van der Waals surface area contributed by atoms with Crippen LogP contribution in [-0.4, -0.2) is 66.5 Å². The van der Waals surface area contributed by atoms with Gasteiger partial charge in [0.2, 0.25) is 17.5 Å². The van der Waals surface area contributed by atoms with E-state index in [4.69, 9.17) is 12.3 Å². The lowest BCUT2D eigenvalue weighted by molar-refractivity contribution is -0.122. The minimum Gasteiger partial charge on any atom is -0.356 e. The molecule has 1 unspecified atom stereocenters. The Morgan fingerprint density at radius 1 is 1.16 bits per heavy atom. The molecule has 6 N–H and O–H groups in total. The number of carbonyl (C=O) groups is 3. The lowest BCUT2D eigenvalue weighted by atomic mass is 9.91. The van der Waals surface area contributed by atoms with Crippen LogP contribution in [0.3, 0.4) is 0 Å². The van der Waals surface area contributed by atoms with E-state index in [-0.39, 0.29) is 23.1 Å². The first-order valence-corrected chi connectivity index (χ1v) is 11.8. The third kappa shape index (κ3) is 6.11. The van der Waals surface area contributed by atoms with Crippen LogP contribution in [0.2, 0.25) is 0 Å². The number of rotatable bonds is 14. The lowest BCUT2D eigenvalue weighted by Gasteiger charge is -2.27. The molecule has 2 aliphatic rings. The number of aliphatic imine (C=N–C) groups is 1. The molecule has 4 amide bonds. The lowest BCUT2D eigenvalue weighted by Crippen LogP contribution is -2.59. The van der Waals surface area contributed by atoms with Crippen molar-refractivity contribution >= 4 is 36.3 Å². The number of hydrogen-bond acceptors (Lipinski definition) is 6. The van der Waals surface area contributed by atoms with E-state index in [9.17, 15) is 14.4 Å². The molecule has 10 nitrogen and oxygen atoms in total. The molecule has 172 valence electrons. The topological polar surface area (TPSA) is 142 Å². The van der Waals surface area contributed by atoms with Crippen LogP contribution in [0, 0.1) is 6.57 Å². The zero-order valence-electron chi connectivity index (χ0n) is 18.0. The Balaban J connectivity index is 1.58. The van der Waals surface area contributed by atoms with Crippen molar-refractivity contribution in [3.63, 3.8) is 0 Å². The van der Waals surface area contributed by atoms with E-state index in [1.165, 1.54) is 0 Å². The molecule has 0 aliphatic carbocycles. The maximum atomic E-state index is 12.0. The van der Waals surface area contributed by atoms with Gasteiger partial charge >= 0.3 is 11.7 Å². The molecule has 0 aromatic rings. The minimum atomic E-state index is -0.969. The monoisotopic (exact) mass is 452 g/mol. The second kappa shape index (κ2) is 11.9. The number of nitrogens with one attached hydrogen (secondary N) is 4. The molecule has 2 saturated heterocycles. The standard InChI is InChI=1S/C20H33N7O3S/c1-22-19-14-31-15(20(19,23-2)27-18(30)26-19)8-5-6-10-16(28)24-12-7-3-4-9-17(29)25-13-11-21/h1,15H,2-14,21H2,(H3-,24,25,26,27,28,29,30)/p+1/t15?,19-,20+/m0/s1. The van der Waals surface area contributed by atoms with Crippen molar-refractivity contribution in [2.75, 3.05) is 25.4 Å². The maximum Gasteiger partial charge on any atom is 0.409 e. The number of unbranched alkanes of at least 4 members (excludes halogenated alkanes) is 3. The Hall–Kier alpha value is -2.32. The molecule has 2 fully saturated rings. The number of nitrogens with two attached hydrogens (primary N) is 1. The Labute approximate surface area is 187 Å². The Bertz CT molecular complexity index is 713. The number of fused-ring (bicyclic) bond motifs is 1. The highest BCUT2D eigenvalue weighted by Gasteiger charge is 2.75. The fourth-order valence-corrected chi connectivity index (χ4v) is 5.69. The van der Waals surface area contributed by atoms with Gasteiger partial charge in [0.05, 0.1) is 5.25 Å². The summed E-state index contributed by atoms with van der Waals surface area (Å²) in [7, 11) is 0. The molecule has 2 rings (SSSR count). The molecule has 0 bridgehead atoms. The molecule has 2 heterocycles. The molecule has 0 aromatic carbocycles. The zero-order valence-corrected chi connectivity index (χ0v) is 18.8. The van der Waals surface area contributed by atoms with E-state index in [2.05, 4.69) is 37.8 Å². The summed E-state index contributed by atoms with van der Waals surface area (Å²) in [5.74, 6) is 0.577. The van der Waals surface area contributed by atoms with Crippen molar-refractivity contribution in [3.05, 3.63) is 4.85 Å². The number of amides is 4. The van der Waals surface area contributed by atoms with Gasteiger partial charge < -0.3 is 21.7 Å². The van der Waals surface area contributed by atoms with Gasteiger partial charge in [0.25, 0.3) is 6.57 Å². The summed E-state index contributed by atoms with van der Waals surface area (Å²) >= 11 is 1.65. The smallest absolute Gasteiger partial charge is 0.356 e. The summed E-state index contributed by atoms with van der Waals surface area (Å²) in [6.45, 7) is 10.8. The molecular formula is C20H34N7O3S+. The third-order valence-electron chi connectivity index (χ3n) is 5.67. The molecule has 2 aliphatic heterocycles. The van der Waals surface area contributed by atoms with Crippen molar-refractivity contribution in [1.82, 2.24) is 21.3 Å². The van der Waals surface area contributed by atoms with Gasteiger partial charge in [0.1, 0.15) is 5.75 Å². The van der Waals surface area contributed by atoms with Gasteiger partial charge in [-0.3, -0.25) is 19.9 Å². The van der Waals surface area contributed by atoms with Crippen LogP contribution in [0.25, 0.3) is 4.85 Å². The van der Waals surface area contributed by atoms with Gasteiger partial charge in [0, 0.05) is 32.5 Å². The van der Waals surface area contributed by atoms with Crippen LogP contribution in [-0.2, 0) is 9.59 Å². The molecule has 0 spiro atoms. The number of carbonyl (C=O) groups excluding carboxylic acids is 3. The fourth-order valence-electron chi connectivity index (χ4n) is 3.98. The molecule has 3 atom stereocenters. The normalized spacial score (nSPS) is 26.3. The van der Waals surface area contributed by atoms with Gasteiger partial charge in [0.15, 0.2) is 0 Å². The van der Waals surface area contributed by atoms with Gasteiger partial charge in [-0.25, -0.2) is 4.79 Å². The Morgan fingerprint density at radius 2 is 1.84 bits per heavy atom. The first kappa shape index (κ1) is 24.9. The highest BCUT2D eigenvalue weighted by Crippen LogP contribution is 2.49. The molecular weight excluding hydrogens is 418 g/mol. The van der Waals surface area contributed by atoms with E-state index in [0.29, 0.717) is 38.2 Å². The predicted octanol–water partition coefficient (Wildman–Crippen LogP) is 0.782. The van der Waals surface area contributed by atoms with Crippen molar-refractivity contribution < 1.29 is 14.4 Å². The molecule has 11 heteroatoms. The summed E-state index contributed by atoms with van der Waals surface area (Å²) in [6, 6.07) is -0.345. The van der Waals surface area contributed by atoms with E-state index in [1.54, 1.807) is 11.8 Å². The first-order chi connectivity index (χ1) is 14.9. The average Bonchev–Trinajstić information content (AvgIpc) is 3.21. The Kier molecular flexibility index (Phi) is 9.58. The maximum absolute atomic E-state index is 12.0. The van der Waals surface area contributed by atoms with Crippen LogP contribution >= 0.6 is 11.8 Å². The van der Waals surface area contributed by atoms with Crippen LogP contribution < -0.4 is 27.0 Å². The van der Waals surface area contributed by atoms with E-state index in [1.807, 2.05) is 0 Å². The van der Waals surface area contributed by atoms with Gasteiger partial charge in [-0.2, -0.15) is 0 Å².